The van der Waals surface area contributed by atoms with E-state index in [0.717, 1.165) is 5.82 Å². The number of aromatic nitrogens is 2. The molecule has 0 saturated heterocycles. The zero-order valence-corrected chi connectivity index (χ0v) is 9.28. The molecule has 2 aromatic rings. The summed E-state index contributed by atoms with van der Waals surface area (Å²) in [6.07, 6.45) is 2.37. The molecule has 1 fully saturated rings. The van der Waals surface area contributed by atoms with Gasteiger partial charge in [0, 0.05) is 23.5 Å². The lowest BCUT2D eigenvalue weighted by Crippen LogP contribution is -1.85. The van der Waals surface area contributed by atoms with E-state index in [2.05, 4.69) is 9.36 Å². The summed E-state index contributed by atoms with van der Waals surface area (Å²) in [6.45, 7) is 0. The summed E-state index contributed by atoms with van der Waals surface area (Å²) in [5.74, 6) is 2.20. The molecule has 0 atom stereocenters. The van der Waals surface area contributed by atoms with Crippen LogP contribution in [0.25, 0.3) is 0 Å². The molecule has 0 bridgehead atoms. The molecule has 0 radical (unpaired) electrons. The summed E-state index contributed by atoms with van der Waals surface area (Å²) in [5.41, 5.74) is 0. The van der Waals surface area contributed by atoms with Crippen molar-refractivity contribution in [3.05, 3.63) is 30.1 Å². The Balaban J connectivity index is 1.77. The fourth-order valence-corrected chi connectivity index (χ4v) is 2.05. The van der Waals surface area contributed by atoms with Crippen LogP contribution >= 0.6 is 11.5 Å². The predicted molar refractivity (Wildman–Crippen MR) is 60.1 cm³/mol. The topological polar surface area (TPSA) is 55.2 Å². The summed E-state index contributed by atoms with van der Waals surface area (Å²) < 4.78 is 9.74. The molecule has 1 aromatic carbocycles. The van der Waals surface area contributed by atoms with Crippen LogP contribution in [0.4, 0.5) is 0 Å². The van der Waals surface area contributed by atoms with Crippen LogP contribution in [-0.4, -0.2) is 14.5 Å². The van der Waals surface area contributed by atoms with Gasteiger partial charge in [0.15, 0.2) is 0 Å². The highest BCUT2D eigenvalue weighted by Gasteiger charge is 2.28. The van der Waals surface area contributed by atoms with Crippen molar-refractivity contribution in [3.8, 4) is 16.7 Å². The first-order valence-corrected chi connectivity index (χ1v) is 5.89. The number of rotatable bonds is 3. The SMILES string of the molecule is Oc1cccc(Oc2nc(C3CC3)ns2)c1. The van der Waals surface area contributed by atoms with Crippen molar-refractivity contribution in [2.45, 2.75) is 18.8 Å². The molecule has 0 spiro atoms. The number of ether oxygens (including phenoxy) is 1. The Morgan fingerprint density at radius 3 is 3.00 bits per heavy atom. The highest BCUT2D eigenvalue weighted by Crippen LogP contribution is 2.40. The zero-order chi connectivity index (χ0) is 11.0. The molecular formula is C11H10N2O2S. The second-order valence-corrected chi connectivity index (χ2v) is 4.51. The smallest absolute Gasteiger partial charge is 0.298 e. The third kappa shape index (κ3) is 1.99. The molecule has 1 heterocycles. The van der Waals surface area contributed by atoms with Gasteiger partial charge in [-0.15, -0.1) is 0 Å². The van der Waals surface area contributed by atoms with Crippen LogP contribution in [0.3, 0.4) is 0 Å². The molecule has 0 amide bonds. The van der Waals surface area contributed by atoms with Gasteiger partial charge in [-0.3, -0.25) is 0 Å². The second kappa shape index (κ2) is 3.75. The van der Waals surface area contributed by atoms with Crippen molar-refractivity contribution >= 4 is 11.5 Å². The number of aromatic hydroxyl groups is 1. The Bertz CT molecular complexity index is 508. The minimum Gasteiger partial charge on any atom is -0.508 e. The number of phenols is 1. The van der Waals surface area contributed by atoms with Gasteiger partial charge >= 0.3 is 0 Å². The van der Waals surface area contributed by atoms with Gasteiger partial charge in [0.05, 0.1) is 0 Å². The van der Waals surface area contributed by atoms with E-state index >= 15 is 0 Å². The molecule has 0 unspecified atom stereocenters. The maximum absolute atomic E-state index is 9.28. The summed E-state index contributed by atoms with van der Waals surface area (Å²) in [5, 5.41) is 9.82. The average Bonchev–Trinajstić information content (AvgIpc) is 3.01. The van der Waals surface area contributed by atoms with E-state index in [-0.39, 0.29) is 5.75 Å². The second-order valence-electron chi connectivity index (χ2n) is 3.79. The number of benzene rings is 1. The van der Waals surface area contributed by atoms with E-state index in [9.17, 15) is 5.11 Å². The molecule has 0 aliphatic heterocycles. The van der Waals surface area contributed by atoms with Crippen LogP contribution in [0.2, 0.25) is 0 Å². The quantitative estimate of drug-likeness (QED) is 0.887. The normalized spacial score (nSPS) is 15.0. The molecular weight excluding hydrogens is 224 g/mol. The Morgan fingerprint density at radius 2 is 2.25 bits per heavy atom. The maximum atomic E-state index is 9.28. The van der Waals surface area contributed by atoms with E-state index in [1.165, 1.54) is 24.4 Å². The Morgan fingerprint density at radius 1 is 1.38 bits per heavy atom. The minimum absolute atomic E-state index is 0.185. The summed E-state index contributed by atoms with van der Waals surface area (Å²) in [6, 6.07) is 6.66. The third-order valence-corrected chi connectivity index (χ3v) is 3.00. The van der Waals surface area contributed by atoms with Crippen molar-refractivity contribution in [1.82, 2.24) is 9.36 Å². The molecule has 1 N–H and O–H groups in total. The van der Waals surface area contributed by atoms with Gasteiger partial charge in [-0.25, -0.2) is 0 Å². The van der Waals surface area contributed by atoms with Crippen LogP contribution in [-0.2, 0) is 0 Å². The third-order valence-electron chi connectivity index (χ3n) is 2.39. The first-order valence-electron chi connectivity index (χ1n) is 5.12. The van der Waals surface area contributed by atoms with Crippen LogP contribution in [0.1, 0.15) is 24.6 Å². The van der Waals surface area contributed by atoms with Gasteiger partial charge < -0.3 is 9.84 Å². The van der Waals surface area contributed by atoms with E-state index in [4.69, 9.17) is 4.74 Å². The Kier molecular flexibility index (Phi) is 2.25. The minimum atomic E-state index is 0.185. The number of phenolic OH excluding ortho intramolecular Hbond substituents is 1. The molecule has 4 nitrogen and oxygen atoms in total. The lowest BCUT2D eigenvalue weighted by molar-refractivity contribution is 0.453. The Labute approximate surface area is 96.7 Å². The summed E-state index contributed by atoms with van der Waals surface area (Å²) in [7, 11) is 0. The van der Waals surface area contributed by atoms with Crippen molar-refractivity contribution in [2.75, 3.05) is 0 Å². The van der Waals surface area contributed by atoms with Crippen molar-refractivity contribution in [3.63, 3.8) is 0 Å². The Hall–Kier alpha value is -1.62. The fourth-order valence-electron chi connectivity index (χ4n) is 1.42. The van der Waals surface area contributed by atoms with Gasteiger partial charge in [0.1, 0.15) is 17.3 Å². The van der Waals surface area contributed by atoms with Crippen molar-refractivity contribution in [2.24, 2.45) is 0 Å². The van der Waals surface area contributed by atoms with Gasteiger partial charge in [0.2, 0.25) is 0 Å². The van der Waals surface area contributed by atoms with Gasteiger partial charge in [-0.05, 0) is 25.0 Å². The molecule has 1 saturated carbocycles. The van der Waals surface area contributed by atoms with Gasteiger partial charge in [-0.1, -0.05) is 6.07 Å². The van der Waals surface area contributed by atoms with Crippen molar-refractivity contribution in [1.29, 1.82) is 0 Å². The lowest BCUT2D eigenvalue weighted by Gasteiger charge is -2.00. The number of nitrogens with zero attached hydrogens (tertiary/aromatic N) is 2. The summed E-state index contributed by atoms with van der Waals surface area (Å²) >= 11 is 1.25. The highest BCUT2D eigenvalue weighted by molar-refractivity contribution is 7.07. The molecule has 82 valence electrons. The maximum Gasteiger partial charge on any atom is 0.298 e. The first-order chi connectivity index (χ1) is 7.81. The van der Waals surface area contributed by atoms with E-state index in [1.807, 2.05) is 0 Å². The van der Waals surface area contributed by atoms with Crippen molar-refractivity contribution < 1.29 is 9.84 Å². The van der Waals surface area contributed by atoms with E-state index < -0.39 is 0 Å². The fraction of sp³-hybridized carbons (Fsp3) is 0.273. The molecule has 1 aromatic heterocycles. The average molecular weight is 234 g/mol. The van der Waals surface area contributed by atoms with E-state index in [1.54, 1.807) is 24.3 Å². The van der Waals surface area contributed by atoms with Crippen LogP contribution in [0, 0.1) is 0 Å². The monoisotopic (exact) mass is 234 g/mol. The van der Waals surface area contributed by atoms with Gasteiger partial charge in [0.25, 0.3) is 5.19 Å². The number of hydrogen-bond donors (Lipinski definition) is 1. The van der Waals surface area contributed by atoms with Crippen LogP contribution in [0.15, 0.2) is 24.3 Å². The molecule has 1 aliphatic rings. The van der Waals surface area contributed by atoms with Gasteiger partial charge in [-0.2, -0.15) is 9.36 Å². The largest absolute Gasteiger partial charge is 0.508 e. The molecule has 16 heavy (non-hydrogen) atoms. The predicted octanol–water partition coefficient (Wildman–Crippen LogP) is 2.91. The first kappa shape index (κ1) is 9.59. The molecule has 5 heteroatoms. The highest BCUT2D eigenvalue weighted by atomic mass is 32.1. The van der Waals surface area contributed by atoms with Crippen LogP contribution in [0.5, 0.6) is 16.7 Å². The summed E-state index contributed by atoms with van der Waals surface area (Å²) in [4.78, 5) is 4.30. The van der Waals surface area contributed by atoms with E-state index in [0.29, 0.717) is 16.9 Å². The number of hydrogen-bond acceptors (Lipinski definition) is 5. The molecule has 3 rings (SSSR count). The van der Waals surface area contributed by atoms with Crippen LogP contribution < -0.4 is 4.74 Å². The molecule has 1 aliphatic carbocycles. The lowest BCUT2D eigenvalue weighted by atomic mass is 10.3. The zero-order valence-electron chi connectivity index (χ0n) is 8.46. The standard InChI is InChI=1S/C11H10N2O2S/c14-8-2-1-3-9(6-8)15-11-12-10(13-16-11)7-4-5-7/h1-3,6-7,14H,4-5H2.